The molecule has 3 rings (SSSR count). The summed E-state index contributed by atoms with van der Waals surface area (Å²) in [4.78, 5) is 30.7. The highest BCUT2D eigenvalue weighted by Gasteiger charge is 2.17. The highest BCUT2D eigenvalue weighted by Crippen LogP contribution is 2.26. The number of amides is 1. The van der Waals surface area contributed by atoms with Crippen LogP contribution in [0, 0.1) is 5.92 Å². The lowest BCUT2D eigenvalue weighted by Gasteiger charge is -2.11. The Morgan fingerprint density at radius 1 is 1.27 bits per heavy atom. The van der Waals surface area contributed by atoms with Crippen LogP contribution in [0.1, 0.15) is 48.8 Å². The third kappa shape index (κ3) is 4.14. The van der Waals surface area contributed by atoms with E-state index in [1.165, 1.54) is 0 Å². The normalized spacial score (nSPS) is 12.5. The molecule has 7 heteroatoms. The molecule has 0 aliphatic rings. The first-order valence-electron chi connectivity index (χ1n) is 8.42. The Hall–Kier alpha value is -2.60. The number of H-pyrrole nitrogens is 1. The van der Waals surface area contributed by atoms with Gasteiger partial charge in [0.15, 0.2) is 0 Å². The Balaban J connectivity index is 1.80. The van der Waals surface area contributed by atoms with Crippen molar-refractivity contribution in [2.75, 3.05) is 0 Å². The lowest BCUT2D eigenvalue weighted by atomic mass is 10.1. The molecule has 0 fully saturated rings. The van der Waals surface area contributed by atoms with Gasteiger partial charge in [-0.15, -0.1) is 0 Å². The fourth-order valence-corrected chi connectivity index (χ4v) is 2.94. The van der Waals surface area contributed by atoms with E-state index in [-0.39, 0.29) is 11.7 Å². The number of aromatic amines is 1. The number of furan rings is 1. The number of nitrogens with zero attached hydrogens (tertiary/aromatic N) is 1. The van der Waals surface area contributed by atoms with Gasteiger partial charge in [-0.3, -0.25) is 4.79 Å². The maximum atomic E-state index is 12.5. The van der Waals surface area contributed by atoms with Crippen molar-refractivity contribution in [3.63, 3.8) is 0 Å². The van der Waals surface area contributed by atoms with Crippen LogP contribution in [-0.2, 0) is 6.42 Å². The molecule has 1 aromatic carbocycles. The highest BCUT2D eigenvalue weighted by atomic mass is 35.5. The van der Waals surface area contributed by atoms with Crippen LogP contribution < -0.4 is 11.0 Å². The first-order chi connectivity index (χ1) is 12.3. The van der Waals surface area contributed by atoms with E-state index in [0.29, 0.717) is 34.4 Å². The van der Waals surface area contributed by atoms with Gasteiger partial charge in [-0.1, -0.05) is 25.4 Å². The van der Waals surface area contributed by atoms with E-state index in [1.54, 1.807) is 31.2 Å². The highest BCUT2D eigenvalue weighted by molar-refractivity contribution is 6.31. The zero-order valence-electron chi connectivity index (χ0n) is 14.8. The fourth-order valence-electron chi connectivity index (χ4n) is 2.76. The van der Waals surface area contributed by atoms with Gasteiger partial charge >= 0.3 is 5.69 Å². The summed E-state index contributed by atoms with van der Waals surface area (Å²) < 4.78 is 5.76. The van der Waals surface area contributed by atoms with Crippen LogP contribution in [0.4, 0.5) is 0 Å². The van der Waals surface area contributed by atoms with Crippen LogP contribution >= 0.6 is 11.6 Å². The number of rotatable bonds is 5. The van der Waals surface area contributed by atoms with E-state index in [9.17, 15) is 9.59 Å². The summed E-state index contributed by atoms with van der Waals surface area (Å²) in [5.41, 5.74) is 0.949. The Morgan fingerprint density at radius 2 is 2.04 bits per heavy atom. The topological polar surface area (TPSA) is 88.0 Å². The first kappa shape index (κ1) is 18.2. The molecule has 1 amide bonds. The SMILES string of the molecule is CC(C)Cc1cc(C(=O)NC(C)c2cc3cc(Cl)ccc3o2)nc(=O)[nH]1. The summed E-state index contributed by atoms with van der Waals surface area (Å²) >= 11 is 5.99. The van der Waals surface area contributed by atoms with Crippen LogP contribution in [0.2, 0.25) is 5.02 Å². The average molecular weight is 374 g/mol. The van der Waals surface area contributed by atoms with Gasteiger partial charge in [0.05, 0.1) is 6.04 Å². The van der Waals surface area contributed by atoms with E-state index in [2.05, 4.69) is 15.3 Å². The molecule has 2 heterocycles. The molecule has 0 radical (unpaired) electrons. The van der Waals surface area contributed by atoms with Crippen molar-refractivity contribution in [3.8, 4) is 0 Å². The van der Waals surface area contributed by atoms with E-state index in [4.69, 9.17) is 16.0 Å². The monoisotopic (exact) mass is 373 g/mol. The summed E-state index contributed by atoms with van der Waals surface area (Å²) in [5.74, 6) is 0.528. The minimum atomic E-state index is -0.528. The number of aromatic nitrogens is 2. The van der Waals surface area contributed by atoms with Crippen molar-refractivity contribution in [1.82, 2.24) is 15.3 Å². The molecule has 136 valence electrons. The Kier molecular flexibility index (Phi) is 5.13. The van der Waals surface area contributed by atoms with Crippen molar-refractivity contribution < 1.29 is 9.21 Å². The van der Waals surface area contributed by atoms with Crippen molar-refractivity contribution in [2.45, 2.75) is 33.2 Å². The quantitative estimate of drug-likeness (QED) is 0.710. The number of benzene rings is 1. The minimum absolute atomic E-state index is 0.0930. The van der Waals surface area contributed by atoms with Gasteiger partial charge in [-0.05, 0) is 49.6 Å². The summed E-state index contributed by atoms with van der Waals surface area (Å²) in [7, 11) is 0. The molecule has 3 aromatic rings. The Labute approximate surface area is 155 Å². The average Bonchev–Trinajstić information content (AvgIpc) is 2.96. The van der Waals surface area contributed by atoms with Crippen molar-refractivity contribution >= 4 is 28.5 Å². The maximum absolute atomic E-state index is 12.5. The molecule has 2 N–H and O–H groups in total. The fraction of sp³-hybridized carbons (Fsp3) is 0.316. The Bertz CT molecular complexity index is 1010. The molecule has 26 heavy (non-hydrogen) atoms. The molecule has 1 unspecified atom stereocenters. The number of fused-ring (bicyclic) bond motifs is 1. The molecule has 0 aliphatic carbocycles. The molecular formula is C19H20ClN3O3. The predicted molar refractivity (Wildman–Crippen MR) is 101 cm³/mol. The molecule has 0 saturated carbocycles. The number of nitrogens with one attached hydrogen (secondary N) is 2. The number of hydrogen-bond acceptors (Lipinski definition) is 4. The second-order valence-electron chi connectivity index (χ2n) is 6.72. The van der Waals surface area contributed by atoms with Gasteiger partial charge in [0.25, 0.3) is 5.91 Å². The third-order valence-electron chi connectivity index (χ3n) is 3.93. The zero-order chi connectivity index (χ0) is 18.8. The van der Waals surface area contributed by atoms with Gasteiger partial charge in [-0.25, -0.2) is 4.79 Å². The second-order valence-corrected chi connectivity index (χ2v) is 7.16. The van der Waals surface area contributed by atoms with Gasteiger partial charge in [0, 0.05) is 16.1 Å². The van der Waals surface area contributed by atoms with Crippen molar-refractivity contribution in [2.24, 2.45) is 5.92 Å². The Morgan fingerprint density at radius 3 is 2.77 bits per heavy atom. The number of hydrogen-bond donors (Lipinski definition) is 2. The molecule has 6 nitrogen and oxygen atoms in total. The van der Waals surface area contributed by atoms with Gasteiger partial charge in [0.2, 0.25) is 0 Å². The van der Waals surface area contributed by atoms with E-state index in [0.717, 1.165) is 5.39 Å². The van der Waals surface area contributed by atoms with Crippen LogP contribution in [0.15, 0.2) is 39.5 Å². The van der Waals surface area contributed by atoms with E-state index < -0.39 is 11.6 Å². The van der Waals surface area contributed by atoms with Gasteiger partial charge in [0.1, 0.15) is 17.0 Å². The summed E-state index contributed by atoms with van der Waals surface area (Å²) in [6.45, 7) is 5.88. The lowest BCUT2D eigenvalue weighted by Crippen LogP contribution is -2.30. The van der Waals surface area contributed by atoms with Crippen LogP contribution in [0.5, 0.6) is 0 Å². The van der Waals surface area contributed by atoms with Crippen molar-refractivity contribution in [1.29, 1.82) is 0 Å². The molecule has 0 saturated heterocycles. The predicted octanol–water partition coefficient (Wildman–Crippen LogP) is 3.86. The molecular weight excluding hydrogens is 354 g/mol. The maximum Gasteiger partial charge on any atom is 0.345 e. The number of halogens is 1. The number of carbonyl (C=O) groups excluding carboxylic acids is 1. The summed E-state index contributed by atoms with van der Waals surface area (Å²) in [6, 6.07) is 8.39. The lowest BCUT2D eigenvalue weighted by molar-refractivity contribution is 0.0930. The van der Waals surface area contributed by atoms with E-state index >= 15 is 0 Å². The second kappa shape index (κ2) is 7.33. The molecule has 2 aromatic heterocycles. The molecule has 1 atom stereocenters. The summed E-state index contributed by atoms with van der Waals surface area (Å²) in [6.07, 6.45) is 0.665. The standard InChI is InChI=1S/C19H20ClN3O3/c1-10(2)6-14-9-15(23-19(25)22-14)18(24)21-11(3)17-8-12-7-13(20)4-5-16(12)26-17/h4-5,7-11H,6H2,1-3H3,(H,21,24)(H,22,23,25). The van der Waals surface area contributed by atoms with Crippen molar-refractivity contribution in [3.05, 3.63) is 63.0 Å². The molecule has 0 spiro atoms. The zero-order valence-corrected chi connectivity index (χ0v) is 15.6. The largest absolute Gasteiger partial charge is 0.459 e. The third-order valence-corrected chi connectivity index (χ3v) is 4.17. The van der Waals surface area contributed by atoms with E-state index in [1.807, 2.05) is 19.9 Å². The molecule has 0 bridgehead atoms. The van der Waals surface area contributed by atoms with Crippen LogP contribution in [0.3, 0.4) is 0 Å². The number of carbonyl (C=O) groups is 1. The molecule has 0 aliphatic heterocycles. The summed E-state index contributed by atoms with van der Waals surface area (Å²) in [5, 5.41) is 4.30. The minimum Gasteiger partial charge on any atom is -0.459 e. The first-order valence-corrected chi connectivity index (χ1v) is 8.79. The smallest absolute Gasteiger partial charge is 0.345 e. The van der Waals surface area contributed by atoms with Gasteiger partial charge < -0.3 is 14.7 Å². The van der Waals surface area contributed by atoms with Gasteiger partial charge in [-0.2, -0.15) is 4.98 Å². The van der Waals surface area contributed by atoms with Crippen LogP contribution in [0.25, 0.3) is 11.0 Å². The van der Waals surface area contributed by atoms with Crippen LogP contribution in [-0.4, -0.2) is 15.9 Å².